The highest BCUT2D eigenvalue weighted by Gasteiger charge is 2.16. The lowest BCUT2D eigenvalue weighted by Gasteiger charge is -2.07. The Bertz CT molecular complexity index is 297. The van der Waals surface area contributed by atoms with Crippen LogP contribution in [0.15, 0.2) is 17.0 Å². The molecule has 1 aromatic carbocycles. The van der Waals surface area contributed by atoms with Crippen LogP contribution < -0.4 is 15.2 Å². The van der Waals surface area contributed by atoms with Crippen LogP contribution in [0.25, 0.3) is 0 Å². The monoisotopic (exact) mass is 197 g/mol. The Morgan fingerprint density at radius 1 is 1.62 bits per heavy atom. The molecule has 1 aromatic rings. The van der Waals surface area contributed by atoms with Crippen molar-refractivity contribution in [1.82, 2.24) is 0 Å². The molecule has 4 heteroatoms. The number of ether oxygens (including phenoxy) is 2. The maximum absolute atomic E-state index is 5.58. The van der Waals surface area contributed by atoms with Crippen LogP contribution >= 0.6 is 11.8 Å². The zero-order chi connectivity index (χ0) is 9.26. The predicted molar refractivity (Wildman–Crippen MR) is 52.2 cm³/mol. The zero-order valence-electron chi connectivity index (χ0n) is 7.37. The average Bonchev–Trinajstić information content (AvgIpc) is 2.62. The Morgan fingerprint density at radius 2 is 2.46 bits per heavy atom. The minimum Gasteiger partial charge on any atom is -0.496 e. The first-order valence-electron chi connectivity index (χ1n) is 4.01. The summed E-state index contributed by atoms with van der Waals surface area (Å²) in [7, 11) is 1.65. The molecule has 0 bridgehead atoms. The minimum atomic E-state index is 0.477. The molecular weight excluding hydrogens is 186 g/mol. The molecule has 0 spiro atoms. The summed E-state index contributed by atoms with van der Waals surface area (Å²) in [5.74, 6) is 2.46. The van der Waals surface area contributed by atoms with E-state index < -0.39 is 0 Å². The van der Waals surface area contributed by atoms with Gasteiger partial charge < -0.3 is 15.2 Å². The van der Waals surface area contributed by atoms with Gasteiger partial charge in [0.25, 0.3) is 0 Å². The van der Waals surface area contributed by atoms with Gasteiger partial charge in [-0.05, 0) is 12.1 Å². The number of thioether (sulfide) groups is 1. The lowest BCUT2D eigenvalue weighted by Crippen LogP contribution is -2.00. The van der Waals surface area contributed by atoms with Crippen LogP contribution in [0.3, 0.4) is 0 Å². The molecule has 0 fully saturated rings. The van der Waals surface area contributed by atoms with Gasteiger partial charge in [0, 0.05) is 12.1 Å². The third kappa shape index (κ3) is 1.47. The van der Waals surface area contributed by atoms with E-state index in [9.17, 15) is 0 Å². The highest BCUT2D eigenvalue weighted by molar-refractivity contribution is 7.99. The Balaban J connectivity index is 2.47. The summed E-state index contributed by atoms with van der Waals surface area (Å²) in [6, 6.07) is 3.93. The summed E-state index contributed by atoms with van der Waals surface area (Å²) in [4.78, 5) is 1.13. The van der Waals surface area contributed by atoms with Gasteiger partial charge in [-0.15, -0.1) is 0 Å². The van der Waals surface area contributed by atoms with Crippen LogP contribution in [-0.2, 0) is 6.54 Å². The molecule has 70 valence electrons. The van der Waals surface area contributed by atoms with Gasteiger partial charge in [0.2, 0.25) is 0 Å². The van der Waals surface area contributed by atoms with Crippen molar-refractivity contribution in [3.63, 3.8) is 0 Å². The molecule has 1 heterocycles. The van der Waals surface area contributed by atoms with Gasteiger partial charge in [0.05, 0.1) is 12.0 Å². The van der Waals surface area contributed by atoms with E-state index in [4.69, 9.17) is 15.2 Å². The van der Waals surface area contributed by atoms with Gasteiger partial charge in [-0.1, -0.05) is 11.8 Å². The van der Waals surface area contributed by atoms with E-state index in [2.05, 4.69) is 0 Å². The number of nitrogens with two attached hydrogens (primary N) is 1. The van der Waals surface area contributed by atoms with Crippen molar-refractivity contribution in [3.05, 3.63) is 17.7 Å². The van der Waals surface area contributed by atoms with Crippen molar-refractivity contribution in [3.8, 4) is 11.5 Å². The Labute approximate surface area is 81.2 Å². The van der Waals surface area contributed by atoms with Crippen molar-refractivity contribution in [1.29, 1.82) is 0 Å². The van der Waals surface area contributed by atoms with E-state index in [1.807, 2.05) is 12.1 Å². The van der Waals surface area contributed by atoms with Crippen molar-refractivity contribution < 1.29 is 9.47 Å². The third-order valence-corrected chi connectivity index (χ3v) is 2.86. The molecular formula is C9H11NO2S. The van der Waals surface area contributed by atoms with Crippen LogP contribution in [0.4, 0.5) is 0 Å². The molecule has 3 nitrogen and oxygen atoms in total. The first-order chi connectivity index (χ1) is 6.35. The van der Waals surface area contributed by atoms with Gasteiger partial charge in [0.15, 0.2) is 0 Å². The van der Waals surface area contributed by atoms with Crippen molar-refractivity contribution in [2.45, 2.75) is 11.4 Å². The zero-order valence-corrected chi connectivity index (χ0v) is 8.19. The molecule has 0 atom stereocenters. The lowest BCUT2D eigenvalue weighted by atomic mass is 10.2. The summed E-state index contributed by atoms with van der Waals surface area (Å²) in [6.45, 7) is 0.477. The first kappa shape index (κ1) is 8.72. The quantitative estimate of drug-likeness (QED) is 0.782. The molecule has 0 unspecified atom stereocenters. The molecule has 0 saturated carbocycles. The van der Waals surface area contributed by atoms with Gasteiger partial charge in [-0.2, -0.15) is 0 Å². The fraction of sp³-hybridized carbons (Fsp3) is 0.333. The second kappa shape index (κ2) is 3.47. The summed E-state index contributed by atoms with van der Waals surface area (Å²) in [6.07, 6.45) is 0. The van der Waals surface area contributed by atoms with Gasteiger partial charge >= 0.3 is 0 Å². The van der Waals surface area contributed by atoms with E-state index in [1.165, 1.54) is 0 Å². The smallest absolute Gasteiger partial charge is 0.138 e. The second-order valence-electron chi connectivity index (χ2n) is 2.72. The highest BCUT2D eigenvalue weighted by atomic mass is 32.2. The largest absolute Gasteiger partial charge is 0.496 e. The SMILES string of the molecule is COc1cc2c(cc1CN)OCS2. The van der Waals surface area contributed by atoms with Crippen molar-refractivity contribution in [2.24, 2.45) is 5.73 Å². The van der Waals surface area contributed by atoms with Crippen molar-refractivity contribution >= 4 is 11.8 Å². The van der Waals surface area contributed by atoms with Crippen LogP contribution in [0.2, 0.25) is 0 Å². The molecule has 1 aliphatic rings. The molecule has 0 radical (unpaired) electrons. The molecule has 13 heavy (non-hydrogen) atoms. The topological polar surface area (TPSA) is 44.5 Å². The molecule has 0 aromatic heterocycles. The summed E-state index contributed by atoms with van der Waals surface area (Å²) in [5, 5.41) is 0. The highest BCUT2D eigenvalue weighted by Crippen LogP contribution is 2.40. The number of hydrogen-bond acceptors (Lipinski definition) is 4. The van der Waals surface area contributed by atoms with E-state index >= 15 is 0 Å². The Hall–Kier alpha value is -0.870. The van der Waals surface area contributed by atoms with Crippen molar-refractivity contribution in [2.75, 3.05) is 13.0 Å². The molecule has 2 N–H and O–H groups in total. The van der Waals surface area contributed by atoms with Crippen LogP contribution in [0, 0.1) is 0 Å². The minimum absolute atomic E-state index is 0.477. The number of rotatable bonds is 2. The Morgan fingerprint density at radius 3 is 3.15 bits per heavy atom. The van der Waals surface area contributed by atoms with E-state index in [0.717, 1.165) is 22.0 Å². The summed E-state index contributed by atoms with van der Waals surface area (Å²) >= 11 is 1.67. The second-order valence-corrected chi connectivity index (χ2v) is 3.69. The Kier molecular flexibility index (Phi) is 2.33. The number of fused-ring (bicyclic) bond motifs is 1. The van der Waals surface area contributed by atoms with E-state index in [1.54, 1.807) is 18.9 Å². The van der Waals surface area contributed by atoms with Crippen LogP contribution in [-0.4, -0.2) is 13.0 Å². The maximum Gasteiger partial charge on any atom is 0.138 e. The van der Waals surface area contributed by atoms with Crippen LogP contribution in [0.1, 0.15) is 5.56 Å². The fourth-order valence-electron chi connectivity index (χ4n) is 1.31. The van der Waals surface area contributed by atoms with Gasteiger partial charge in [0.1, 0.15) is 17.4 Å². The number of hydrogen-bond donors (Lipinski definition) is 1. The molecule has 0 amide bonds. The molecule has 0 aliphatic carbocycles. The van der Waals surface area contributed by atoms with Gasteiger partial charge in [-0.3, -0.25) is 0 Å². The van der Waals surface area contributed by atoms with E-state index in [0.29, 0.717) is 12.5 Å². The maximum atomic E-state index is 5.58. The summed E-state index contributed by atoms with van der Waals surface area (Å²) < 4.78 is 10.6. The normalized spacial score (nSPS) is 13.7. The van der Waals surface area contributed by atoms with Gasteiger partial charge in [-0.25, -0.2) is 0 Å². The molecule has 1 aliphatic heterocycles. The lowest BCUT2D eigenvalue weighted by molar-refractivity contribution is 0.388. The fourth-order valence-corrected chi connectivity index (χ4v) is 2.08. The standard InChI is InChI=1S/C9H11NO2S/c1-11-7-3-9-8(12-5-13-9)2-6(7)4-10/h2-3H,4-5,10H2,1H3. The summed E-state index contributed by atoms with van der Waals surface area (Å²) in [5.41, 5.74) is 6.57. The molecule has 2 rings (SSSR count). The van der Waals surface area contributed by atoms with E-state index in [-0.39, 0.29) is 0 Å². The van der Waals surface area contributed by atoms with Crippen LogP contribution in [0.5, 0.6) is 11.5 Å². The number of benzene rings is 1. The number of methoxy groups -OCH3 is 1. The average molecular weight is 197 g/mol. The molecule has 0 saturated heterocycles. The predicted octanol–water partition coefficient (Wildman–Crippen LogP) is 1.60. The third-order valence-electron chi connectivity index (χ3n) is 2.00. The first-order valence-corrected chi connectivity index (χ1v) is 5.00.